The number of rotatable bonds is 5. The van der Waals surface area contributed by atoms with Crippen molar-refractivity contribution in [1.82, 2.24) is 0 Å². The summed E-state index contributed by atoms with van der Waals surface area (Å²) in [5, 5.41) is 5.99. The second-order valence-corrected chi connectivity index (χ2v) is 5.82. The maximum Gasteiger partial charge on any atom is 0.255 e. The lowest BCUT2D eigenvalue weighted by molar-refractivity contribution is -0.111. The van der Waals surface area contributed by atoms with Crippen LogP contribution in [-0.4, -0.2) is 11.8 Å². The maximum absolute atomic E-state index is 12.3. The summed E-state index contributed by atoms with van der Waals surface area (Å²) in [5.41, 5.74) is 1.57. The third kappa shape index (κ3) is 4.84. The molecule has 26 heavy (non-hydrogen) atoms. The molecule has 0 aliphatic heterocycles. The number of furan rings is 1. The number of halogens is 1. The van der Waals surface area contributed by atoms with Crippen LogP contribution in [0, 0.1) is 0 Å². The van der Waals surface area contributed by atoms with Crippen LogP contribution < -0.4 is 10.6 Å². The molecule has 130 valence electrons. The van der Waals surface area contributed by atoms with Gasteiger partial charge < -0.3 is 15.1 Å². The predicted molar refractivity (Wildman–Crippen MR) is 102 cm³/mol. The van der Waals surface area contributed by atoms with E-state index in [4.69, 9.17) is 16.0 Å². The van der Waals surface area contributed by atoms with E-state index in [0.29, 0.717) is 27.7 Å². The molecular formula is C20H15ClN2O3. The van der Waals surface area contributed by atoms with E-state index in [0.717, 1.165) is 0 Å². The van der Waals surface area contributed by atoms with E-state index in [1.807, 2.05) is 0 Å². The second kappa shape index (κ2) is 8.18. The first kappa shape index (κ1) is 17.5. The first-order valence-corrected chi connectivity index (χ1v) is 8.17. The van der Waals surface area contributed by atoms with Gasteiger partial charge in [-0.3, -0.25) is 9.59 Å². The Bertz CT molecular complexity index is 949. The molecule has 2 amide bonds. The highest BCUT2D eigenvalue weighted by atomic mass is 35.5. The van der Waals surface area contributed by atoms with E-state index in [1.54, 1.807) is 66.7 Å². The monoisotopic (exact) mass is 366 g/mol. The fourth-order valence-corrected chi connectivity index (χ4v) is 2.43. The molecule has 0 atom stereocenters. The van der Waals surface area contributed by atoms with Gasteiger partial charge in [-0.15, -0.1) is 0 Å². The lowest BCUT2D eigenvalue weighted by Crippen LogP contribution is -2.12. The van der Waals surface area contributed by atoms with Crippen LogP contribution in [0.15, 0.2) is 77.4 Å². The van der Waals surface area contributed by atoms with Crippen LogP contribution in [-0.2, 0) is 4.79 Å². The lowest BCUT2D eigenvalue weighted by atomic mass is 10.2. The molecule has 2 N–H and O–H groups in total. The molecule has 0 fully saturated rings. The largest absolute Gasteiger partial charge is 0.465 e. The minimum absolute atomic E-state index is 0.284. The molecule has 0 aliphatic rings. The number of nitrogens with one attached hydrogen (secondary N) is 2. The van der Waals surface area contributed by atoms with Crippen molar-refractivity contribution in [2.75, 3.05) is 10.6 Å². The Balaban J connectivity index is 1.64. The van der Waals surface area contributed by atoms with Crippen LogP contribution in [0.3, 0.4) is 0 Å². The van der Waals surface area contributed by atoms with Gasteiger partial charge in [0.25, 0.3) is 5.91 Å². The van der Waals surface area contributed by atoms with E-state index in [-0.39, 0.29) is 11.8 Å². The highest BCUT2D eigenvalue weighted by Crippen LogP contribution is 2.17. The zero-order valence-electron chi connectivity index (χ0n) is 13.6. The van der Waals surface area contributed by atoms with Crippen LogP contribution in [0.5, 0.6) is 0 Å². The van der Waals surface area contributed by atoms with Gasteiger partial charge in [0, 0.05) is 28.0 Å². The van der Waals surface area contributed by atoms with Gasteiger partial charge in [-0.2, -0.15) is 0 Å². The second-order valence-electron chi connectivity index (χ2n) is 5.38. The summed E-state index contributed by atoms with van der Waals surface area (Å²) in [7, 11) is 0. The zero-order chi connectivity index (χ0) is 18.4. The minimum Gasteiger partial charge on any atom is -0.465 e. The van der Waals surface area contributed by atoms with Gasteiger partial charge in [-0.25, -0.2) is 0 Å². The van der Waals surface area contributed by atoms with Gasteiger partial charge in [-0.05, 0) is 54.6 Å². The smallest absolute Gasteiger partial charge is 0.255 e. The quantitative estimate of drug-likeness (QED) is 0.635. The first-order chi connectivity index (χ1) is 12.6. The van der Waals surface area contributed by atoms with Crippen molar-refractivity contribution in [2.45, 2.75) is 0 Å². The van der Waals surface area contributed by atoms with Crippen LogP contribution in [0.4, 0.5) is 11.4 Å². The van der Waals surface area contributed by atoms with E-state index < -0.39 is 0 Å². The number of carbonyl (C=O) groups is 2. The topological polar surface area (TPSA) is 71.3 Å². The van der Waals surface area contributed by atoms with Gasteiger partial charge in [0.1, 0.15) is 5.76 Å². The summed E-state index contributed by atoms with van der Waals surface area (Å²) < 4.78 is 5.12. The molecule has 0 bridgehead atoms. The summed E-state index contributed by atoms with van der Waals surface area (Å²) in [6, 6.07) is 17.0. The third-order valence-corrected chi connectivity index (χ3v) is 3.65. The predicted octanol–water partition coefficient (Wildman–Crippen LogP) is 4.84. The van der Waals surface area contributed by atoms with Crippen molar-refractivity contribution in [3.05, 3.63) is 89.3 Å². The average Bonchev–Trinajstić information content (AvgIpc) is 3.14. The number of benzene rings is 2. The van der Waals surface area contributed by atoms with Crippen molar-refractivity contribution in [3.8, 4) is 0 Å². The van der Waals surface area contributed by atoms with E-state index in [2.05, 4.69) is 10.6 Å². The van der Waals surface area contributed by atoms with Gasteiger partial charge in [0.05, 0.1) is 6.26 Å². The highest BCUT2D eigenvalue weighted by Gasteiger charge is 2.07. The molecule has 0 unspecified atom stereocenters. The summed E-state index contributed by atoms with van der Waals surface area (Å²) in [6.45, 7) is 0. The summed E-state index contributed by atoms with van der Waals surface area (Å²) in [4.78, 5) is 24.2. The van der Waals surface area contributed by atoms with Crippen LogP contribution in [0.1, 0.15) is 16.1 Å². The molecule has 1 heterocycles. The Morgan fingerprint density at radius 2 is 1.69 bits per heavy atom. The minimum atomic E-state index is -0.306. The molecule has 0 saturated heterocycles. The Kier molecular flexibility index (Phi) is 5.51. The van der Waals surface area contributed by atoms with Crippen molar-refractivity contribution in [2.24, 2.45) is 0 Å². The molecule has 0 spiro atoms. The SMILES string of the molecule is O=C(C=Cc1ccco1)Nc1cccc(NC(=O)c2cccc(Cl)c2)c1. The number of carbonyl (C=O) groups excluding carboxylic acids is 2. The Hall–Kier alpha value is -3.31. The summed E-state index contributed by atoms with van der Waals surface area (Å²) in [6.07, 6.45) is 4.47. The van der Waals surface area contributed by atoms with Crippen molar-refractivity contribution in [1.29, 1.82) is 0 Å². The number of hydrogen-bond acceptors (Lipinski definition) is 3. The zero-order valence-corrected chi connectivity index (χ0v) is 14.4. The number of anilines is 2. The van der Waals surface area contributed by atoms with E-state index in [1.165, 1.54) is 12.3 Å². The Labute approximate surface area is 155 Å². The molecule has 3 aromatic rings. The molecule has 0 radical (unpaired) electrons. The molecule has 6 heteroatoms. The first-order valence-electron chi connectivity index (χ1n) is 7.80. The molecule has 3 rings (SSSR count). The molecular weight excluding hydrogens is 352 g/mol. The van der Waals surface area contributed by atoms with Gasteiger partial charge >= 0.3 is 0 Å². The molecule has 0 aliphatic carbocycles. The van der Waals surface area contributed by atoms with Crippen LogP contribution in [0.2, 0.25) is 5.02 Å². The lowest BCUT2D eigenvalue weighted by Gasteiger charge is -2.08. The van der Waals surface area contributed by atoms with Crippen molar-refractivity contribution in [3.63, 3.8) is 0 Å². The van der Waals surface area contributed by atoms with Gasteiger partial charge in [-0.1, -0.05) is 23.7 Å². The normalized spacial score (nSPS) is 10.7. The molecule has 0 saturated carbocycles. The van der Waals surface area contributed by atoms with Gasteiger partial charge in [0.2, 0.25) is 5.91 Å². The highest BCUT2D eigenvalue weighted by molar-refractivity contribution is 6.31. The molecule has 5 nitrogen and oxygen atoms in total. The van der Waals surface area contributed by atoms with E-state index >= 15 is 0 Å². The summed E-state index contributed by atoms with van der Waals surface area (Å²) >= 11 is 5.90. The number of amides is 2. The van der Waals surface area contributed by atoms with Crippen LogP contribution in [0.25, 0.3) is 6.08 Å². The van der Waals surface area contributed by atoms with E-state index in [9.17, 15) is 9.59 Å². The fraction of sp³-hybridized carbons (Fsp3) is 0. The average molecular weight is 367 g/mol. The Morgan fingerprint density at radius 3 is 2.42 bits per heavy atom. The molecule has 1 aromatic heterocycles. The fourth-order valence-electron chi connectivity index (χ4n) is 2.24. The standard InChI is InChI=1S/C20H15ClN2O3/c21-15-5-1-4-14(12-15)20(25)23-17-7-2-6-16(13-17)22-19(24)10-9-18-8-3-11-26-18/h1-13H,(H,22,24)(H,23,25). The van der Waals surface area contributed by atoms with Crippen molar-refractivity contribution < 1.29 is 14.0 Å². The Morgan fingerprint density at radius 1 is 0.923 bits per heavy atom. The molecule has 2 aromatic carbocycles. The maximum atomic E-state index is 12.3. The third-order valence-electron chi connectivity index (χ3n) is 3.42. The summed E-state index contributed by atoms with van der Waals surface area (Å²) in [5.74, 6) is -0.00362. The number of hydrogen-bond donors (Lipinski definition) is 2. The van der Waals surface area contributed by atoms with Crippen molar-refractivity contribution >= 4 is 40.9 Å². The van der Waals surface area contributed by atoms with Crippen LogP contribution >= 0.6 is 11.6 Å². The van der Waals surface area contributed by atoms with Gasteiger partial charge in [0.15, 0.2) is 0 Å².